The topological polar surface area (TPSA) is 56.5 Å². The molecule has 0 spiro atoms. The second kappa shape index (κ2) is 6.37. The molecule has 1 fully saturated rings. The van der Waals surface area contributed by atoms with Gasteiger partial charge in [0.05, 0.1) is 19.3 Å². The third-order valence-corrected chi connectivity index (χ3v) is 3.37. The molecule has 0 aromatic heterocycles. The van der Waals surface area contributed by atoms with Gasteiger partial charge in [0, 0.05) is 25.0 Å². The molecule has 0 bridgehead atoms. The molecule has 0 unspecified atom stereocenters. The summed E-state index contributed by atoms with van der Waals surface area (Å²) in [4.78, 5) is 0. The molecule has 1 aliphatic rings. The monoisotopic (exact) mass is 264 g/mol. The van der Waals surface area contributed by atoms with Gasteiger partial charge in [-0.3, -0.25) is 0 Å². The van der Waals surface area contributed by atoms with Crippen molar-refractivity contribution in [3.8, 4) is 5.75 Å². The van der Waals surface area contributed by atoms with Crippen molar-refractivity contribution in [3.63, 3.8) is 0 Å². The summed E-state index contributed by atoms with van der Waals surface area (Å²) in [5.41, 5.74) is 7.18. The summed E-state index contributed by atoms with van der Waals surface area (Å²) in [7, 11) is 0. The van der Waals surface area contributed by atoms with Crippen molar-refractivity contribution in [3.05, 3.63) is 29.8 Å². The third-order valence-electron chi connectivity index (χ3n) is 3.37. The number of nitrogens with one attached hydrogen (secondary N) is 1. The molecule has 0 radical (unpaired) electrons. The Morgan fingerprint density at radius 2 is 2.00 bits per heavy atom. The van der Waals surface area contributed by atoms with Gasteiger partial charge in [-0.1, -0.05) is 12.1 Å². The Hall–Kier alpha value is -1.10. The van der Waals surface area contributed by atoms with Crippen LogP contribution in [0, 0.1) is 5.41 Å². The molecular formula is C15H24N2O2. The fourth-order valence-corrected chi connectivity index (χ4v) is 2.11. The smallest absolute Gasteiger partial charge is 0.119 e. The van der Waals surface area contributed by atoms with Crippen LogP contribution in [0.5, 0.6) is 5.75 Å². The number of hydrogen-bond donors (Lipinski definition) is 2. The first-order valence-corrected chi connectivity index (χ1v) is 6.88. The van der Waals surface area contributed by atoms with Crippen LogP contribution >= 0.6 is 0 Å². The van der Waals surface area contributed by atoms with Crippen LogP contribution in [0.2, 0.25) is 0 Å². The first kappa shape index (κ1) is 14.3. The molecule has 1 saturated heterocycles. The zero-order valence-corrected chi connectivity index (χ0v) is 11.8. The lowest BCUT2D eigenvalue weighted by Gasteiger charge is -2.40. The normalized spacial score (nSPS) is 17.3. The average molecular weight is 264 g/mol. The minimum Gasteiger partial charge on any atom is -0.491 e. The first-order chi connectivity index (χ1) is 9.13. The first-order valence-electron chi connectivity index (χ1n) is 6.88. The van der Waals surface area contributed by atoms with Crippen LogP contribution in [-0.4, -0.2) is 32.4 Å². The quantitative estimate of drug-likeness (QED) is 0.784. The summed E-state index contributed by atoms with van der Waals surface area (Å²) in [5.74, 6) is 0.921. The fraction of sp³-hybridized carbons (Fsp3) is 0.600. The molecule has 1 aliphatic heterocycles. The van der Waals surface area contributed by atoms with E-state index in [0.717, 1.165) is 32.1 Å². The van der Waals surface area contributed by atoms with Crippen molar-refractivity contribution >= 4 is 0 Å². The maximum Gasteiger partial charge on any atom is 0.119 e. The molecule has 4 heteroatoms. The van der Waals surface area contributed by atoms with Crippen LogP contribution in [0.4, 0.5) is 0 Å². The Morgan fingerprint density at radius 1 is 1.32 bits per heavy atom. The molecule has 0 atom stereocenters. The number of hydrogen-bond acceptors (Lipinski definition) is 4. The third kappa shape index (κ3) is 3.93. The molecular weight excluding hydrogens is 240 g/mol. The Kier molecular flexibility index (Phi) is 4.80. The van der Waals surface area contributed by atoms with Gasteiger partial charge in [0.2, 0.25) is 0 Å². The zero-order chi connectivity index (χ0) is 13.7. The molecule has 19 heavy (non-hydrogen) atoms. The summed E-state index contributed by atoms with van der Waals surface area (Å²) < 4.78 is 10.9. The summed E-state index contributed by atoms with van der Waals surface area (Å²) in [6, 6.07) is 8.22. The lowest BCUT2D eigenvalue weighted by molar-refractivity contribution is -0.105. The molecule has 0 amide bonds. The van der Waals surface area contributed by atoms with Crippen LogP contribution < -0.4 is 15.8 Å². The molecule has 1 aromatic rings. The van der Waals surface area contributed by atoms with Gasteiger partial charge in [-0.15, -0.1) is 0 Å². The van der Waals surface area contributed by atoms with E-state index in [1.807, 2.05) is 26.0 Å². The Labute approximate surface area is 115 Å². The van der Waals surface area contributed by atoms with Crippen molar-refractivity contribution < 1.29 is 9.47 Å². The van der Waals surface area contributed by atoms with Gasteiger partial charge < -0.3 is 20.5 Å². The maximum atomic E-state index is 5.78. The highest BCUT2D eigenvalue weighted by atomic mass is 16.5. The molecule has 106 valence electrons. The van der Waals surface area contributed by atoms with Crippen molar-refractivity contribution in [2.45, 2.75) is 26.5 Å². The van der Waals surface area contributed by atoms with E-state index in [-0.39, 0.29) is 11.5 Å². The van der Waals surface area contributed by atoms with Crippen LogP contribution in [0.15, 0.2) is 24.3 Å². The Morgan fingerprint density at radius 3 is 2.47 bits per heavy atom. The van der Waals surface area contributed by atoms with E-state index in [4.69, 9.17) is 15.2 Å². The van der Waals surface area contributed by atoms with Gasteiger partial charge in [-0.05, 0) is 31.5 Å². The molecule has 2 rings (SSSR count). The lowest BCUT2D eigenvalue weighted by Crippen LogP contribution is -2.54. The van der Waals surface area contributed by atoms with Crippen LogP contribution in [-0.2, 0) is 11.3 Å². The largest absolute Gasteiger partial charge is 0.491 e. The summed E-state index contributed by atoms with van der Waals surface area (Å²) >= 11 is 0. The summed E-state index contributed by atoms with van der Waals surface area (Å²) in [6.07, 6.45) is 0.215. The van der Waals surface area contributed by atoms with E-state index in [0.29, 0.717) is 6.54 Å². The van der Waals surface area contributed by atoms with Gasteiger partial charge >= 0.3 is 0 Å². The SMILES string of the molecule is CC(C)Oc1ccc(CNCC2(CN)COC2)cc1. The second-order valence-corrected chi connectivity index (χ2v) is 5.61. The van der Waals surface area contributed by atoms with Crippen LogP contribution in [0.1, 0.15) is 19.4 Å². The van der Waals surface area contributed by atoms with E-state index in [1.165, 1.54) is 5.56 Å². The number of ether oxygens (including phenoxy) is 2. The van der Waals surface area contributed by atoms with Gasteiger partial charge in [-0.2, -0.15) is 0 Å². The number of rotatable bonds is 7. The van der Waals surface area contributed by atoms with Crippen molar-refractivity contribution in [2.75, 3.05) is 26.3 Å². The highest BCUT2D eigenvalue weighted by Gasteiger charge is 2.36. The lowest BCUT2D eigenvalue weighted by atomic mass is 9.86. The fourth-order valence-electron chi connectivity index (χ4n) is 2.11. The van der Waals surface area contributed by atoms with Gasteiger partial charge in [0.15, 0.2) is 0 Å². The standard InChI is InChI=1S/C15H24N2O2/c1-12(2)19-14-5-3-13(4-6-14)7-17-9-15(8-16)10-18-11-15/h3-6,12,17H,7-11,16H2,1-2H3. The number of benzene rings is 1. The number of nitrogens with two attached hydrogens (primary N) is 1. The summed E-state index contributed by atoms with van der Waals surface area (Å²) in [5, 5.41) is 3.45. The van der Waals surface area contributed by atoms with E-state index in [9.17, 15) is 0 Å². The van der Waals surface area contributed by atoms with Crippen molar-refractivity contribution in [1.82, 2.24) is 5.32 Å². The molecule has 0 aliphatic carbocycles. The Bertz CT molecular complexity index is 380. The molecule has 0 saturated carbocycles. The van der Waals surface area contributed by atoms with Gasteiger partial charge in [-0.25, -0.2) is 0 Å². The van der Waals surface area contributed by atoms with E-state index < -0.39 is 0 Å². The van der Waals surface area contributed by atoms with Crippen molar-refractivity contribution in [2.24, 2.45) is 11.1 Å². The van der Waals surface area contributed by atoms with Crippen molar-refractivity contribution in [1.29, 1.82) is 0 Å². The minimum atomic E-state index is 0.153. The summed E-state index contributed by atoms with van der Waals surface area (Å²) in [6.45, 7) is 8.05. The Balaban J connectivity index is 1.76. The van der Waals surface area contributed by atoms with Gasteiger partial charge in [0.1, 0.15) is 5.75 Å². The highest BCUT2D eigenvalue weighted by molar-refractivity contribution is 5.27. The van der Waals surface area contributed by atoms with Crippen LogP contribution in [0.3, 0.4) is 0 Å². The predicted molar refractivity (Wildman–Crippen MR) is 76.2 cm³/mol. The average Bonchev–Trinajstić information content (AvgIpc) is 2.34. The van der Waals surface area contributed by atoms with E-state index in [2.05, 4.69) is 17.4 Å². The van der Waals surface area contributed by atoms with E-state index in [1.54, 1.807) is 0 Å². The molecule has 1 heterocycles. The molecule has 1 aromatic carbocycles. The predicted octanol–water partition coefficient (Wildman–Crippen LogP) is 1.54. The zero-order valence-electron chi connectivity index (χ0n) is 11.8. The highest BCUT2D eigenvalue weighted by Crippen LogP contribution is 2.24. The maximum absolute atomic E-state index is 5.78. The van der Waals surface area contributed by atoms with E-state index >= 15 is 0 Å². The second-order valence-electron chi connectivity index (χ2n) is 5.61. The van der Waals surface area contributed by atoms with Gasteiger partial charge in [0.25, 0.3) is 0 Å². The molecule has 4 nitrogen and oxygen atoms in total. The minimum absolute atomic E-state index is 0.153. The molecule has 3 N–H and O–H groups in total. The van der Waals surface area contributed by atoms with Crippen LogP contribution in [0.25, 0.3) is 0 Å².